The lowest BCUT2D eigenvalue weighted by Crippen LogP contribution is -2.32. The van der Waals surface area contributed by atoms with Gasteiger partial charge in [0.2, 0.25) is 6.33 Å². The summed E-state index contributed by atoms with van der Waals surface area (Å²) in [7, 11) is -3.83. The van der Waals surface area contributed by atoms with Gasteiger partial charge in [0, 0.05) is 6.42 Å². The molecule has 19 heavy (non-hydrogen) atoms. The quantitative estimate of drug-likeness (QED) is 0.407. The number of rotatable bonds is 10. The Labute approximate surface area is 116 Å². The monoisotopic (exact) mass is 289 g/mol. The van der Waals surface area contributed by atoms with E-state index in [0.717, 1.165) is 6.54 Å². The lowest BCUT2D eigenvalue weighted by Gasteiger charge is -1.98. The molecule has 0 bridgehead atoms. The van der Waals surface area contributed by atoms with E-state index in [-0.39, 0.29) is 5.75 Å². The van der Waals surface area contributed by atoms with Crippen LogP contribution in [0.1, 0.15) is 45.4 Å². The average Bonchev–Trinajstić information content (AvgIpc) is 2.75. The molecule has 0 saturated carbocycles. The number of hydrogen-bond acceptors (Lipinski definition) is 2. The number of hydrogen-bond donors (Lipinski definition) is 1. The molecule has 5 nitrogen and oxygen atoms in total. The van der Waals surface area contributed by atoms with Crippen LogP contribution in [0.15, 0.2) is 18.7 Å². The molecule has 0 unspecified atom stereocenters. The van der Waals surface area contributed by atoms with Crippen molar-refractivity contribution >= 4 is 10.1 Å². The number of aryl methyl sites for hydroxylation is 2. The van der Waals surface area contributed by atoms with E-state index < -0.39 is 10.1 Å². The zero-order valence-corrected chi connectivity index (χ0v) is 12.5. The van der Waals surface area contributed by atoms with Crippen LogP contribution >= 0.6 is 0 Å². The summed E-state index contributed by atoms with van der Waals surface area (Å²) in [6, 6.07) is 0. The van der Waals surface area contributed by atoms with E-state index in [1.165, 1.54) is 32.1 Å². The fourth-order valence-corrected chi connectivity index (χ4v) is 2.52. The third kappa shape index (κ3) is 8.00. The van der Waals surface area contributed by atoms with Crippen molar-refractivity contribution in [3.8, 4) is 0 Å². The molecular formula is C13H25N2O3S+. The molecular weight excluding hydrogens is 264 g/mol. The minimum Gasteiger partial charge on any atom is -0.286 e. The first-order valence-electron chi connectivity index (χ1n) is 7.01. The average molecular weight is 289 g/mol. The molecule has 0 radical (unpaired) electrons. The Balaban J connectivity index is 2.21. The second kappa shape index (κ2) is 8.32. The normalized spacial score (nSPS) is 11.9. The topological polar surface area (TPSA) is 63.2 Å². The minimum absolute atomic E-state index is 0.178. The lowest BCUT2D eigenvalue weighted by molar-refractivity contribution is -0.696. The SMILES string of the molecule is CCCCCCCn1cc[n+](CCCS(=O)(=O)O)c1. The predicted octanol–water partition coefficient (Wildman–Crippen LogP) is 2.02. The summed E-state index contributed by atoms with van der Waals surface area (Å²) >= 11 is 0. The zero-order chi connectivity index (χ0) is 14.1. The fourth-order valence-electron chi connectivity index (χ4n) is 2.03. The van der Waals surface area contributed by atoms with E-state index in [9.17, 15) is 8.42 Å². The van der Waals surface area contributed by atoms with Gasteiger partial charge in [0.15, 0.2) is 0 Å². The second-order valence-electron chi connectivity index (χ2n) is 4.94. The van der Waals surface area contributed by atoms with E-state index in [1.54, 1.807) is 0 Å². The number of nitrogens with zero attached hydrogens (tertiary/aromatic N) is 2. The fraction of sp³-hybridized carbons (Fsp3) is 0.769. The van der Waals surface area contributed by atoms with Gasteiger partial charge in [0.1, 0.15) is 12.4 Å². The molecule has 0 amide bonds. The Bertz CT molecular complexity index is 454. The van der Waals surface area contributed by atoms with Crippen LogP contribution < -0.4 is 4.57 Å². The molecule has 1 heterocycles. The Hall–Kier alpha value is -0.880. The molecule has 1 aromatic heterocycles. The summed E-state index contributed by atoms with van der Waals surface area (Å²) in [5.74, 6) is -0.178. The third-order valence-electron chi connectivity index (χ3n) is 3.08. The zero-order valence-electron chi connectivity index (χ0n) is 11.7. The highest BCUT2D eigenvalue weighted by molar-refractivity contribution is 7.85. The van der Waals surface area contributed by atoms with Crippen molar-refractivity contribution in [3.63, 3.8) is 0 Å². The highest BCUT2D eigenvalue weighted by atomic mass is 32.2. The first-order valence-corrected chi connectivity index (χ1v) is 8.62. The first kappa shape index (κ1) is 16.2. The lowest BCUT2D eigenvalue weighted by atomic mass is 10.1. The third-order valence-corrected chi connectivity index (χ3v) is 3.89. The summed E-state index contributed by atoms with van der Waals surface area (Å²) in [4.78, 5) is 0. The van der Waals surface area contributed by atoms with Crippen LogP contribution in [0.4, 0.5) is 0 Å². The van der Waals surface area contributed by atoms with Crippen molar-refractivity contribution in [2.24, 2.45) is 0 Å². The van der Waals surface area contributed by atoms with Crippen LogP contribution in [0.2, 0.25) is 0 Å². The second-order valence-corrected chi connectivity index (χ2v) is 6.52. The Morgan fingerprint density at radius 2 is 1.89 bits per heavy atom. The molecule has 6 heteroatoms. The Morgan fingerprint density at radius 3 is 2.58 bits per heavy atom. The van der Waals surface area contributed by atoms with Gasteiger partial charge in [-0.15, -0.1) is 0 Å². The maximum Gasteiger partial charge on any atom is 0.265 e. The highest BCUT2D eigenvalue weighted by Crippen LogP contribution is 2.03. The van der Waals surface area contributed by atoms with E-state index in [0.29, 0.717) is 13.0 Å². The highest BCUT2D eigenvalue weighted by Gasteiger charge is 2.07. The predicted molar refractivity (Wildman–Crippen MR) is 74.4 cm³/mol. The molecule has 0 aliphatic rings. The summed E-state index contributed by atoms with van der Waals surface area (Å²) in [5, 5.41) is 0. The molecule has 1 aromatic rings. The molecule has 0 atom stereocenters. The van der Waals surface area contributed by atoms with Crippen LogP contribution in [-0.4, -0.2) is 23.3 Å². The molecule has 0 aromatic carbocycles. The van der Waals surface area contributed by atoms with Crippen molar-refractivity contribution in [2.45, 2.75) is 58.5 Å². The molecule has 0 fully saturated rings. The molecule has 0 saturated heterocycles. The van der Waals surface area contributed by atoms with Crippen molar-refractivity contribution in [3.05, 3.63) is 18.7 Å². The minimum atomic E-state index is -3.83. The van der Waals surface area contributed by atoms with E-state index in [2.05, 4.69) is 11.5 Å². The van der Waals surface area contributed by atoms with Gasteiger partial charge in [-0.2, -0.15) is 8.42 Å². The summed E-state index contributed by atoms with van der Waals surface area (Å²) < 4.78 is 33.9. The van der Waals surface area contributed by atoms with E-state index in [1.807, 2.05) is 23.3 Å². The summed E-state index contributed by atoms with van der Waals surface area (Å²) in [6.45, 7) is 3.83. The van der Waals surface area contributed by atoms with Crippen molar-refractivity contribution in [2.75, 3.05) is 5.75 Å². The van der Waals surface area contributed by atoms with Gasteiger partial charge in [-0.25, -0.2) is 9.13 Å². The van der Waals surface area contributed by atoms with Crippen molar-refractivity contribution < 1.29 is 17.5 Å². The molecule has 0 aliphatic carbocycles. The van der Waals surface area contributed by atoms with E-state index >= 15 is 0 Å². The van der Waals surface area contributed by atoms with Gasteiger partial charge in [0.05, 0.1) is 18.8 Å². The van der Waals surface area contributed by atoms with Gasteiger partial charge in [-0.1, -0.05) is 26.2 Å². The van der Waals surface area contributed by atoms with Gasteiger partial charge >= 0.3 is 0 Å². The van der Waals surface area contributed by atoms with Gasteiger partial charge in [0.25, 0.3) is 10.1 Å². The summed E-state index contributed by atoms with van der Waals surface area (Å²) in [5.41, 5.74) is 0. The largest absolute Gasteiger partial charge is 0.286 e. The van der Waals surface area contributed by atoms with Crippen LogP contribution in [0.5, 0.6) is 0 Å². The van der Waals surface area contributed by atoms with Crippen LogP contribution in [0.25, 0.3) is 0 Å². The molecule has 1 N–H and O–H groups in total. The number of aromatic nitrogens is 2. The Kier molecular flexibility index (Phi) is 7.09. The van der Waals surface area contributed by atoms with Crippen molar-refractivity contribution in [1.82, 2.24) is 4.57 Å². The smallest absolute Gasteiger partial charge is 0.265 e. The maximum atomic E-state index is 10.6. The van der Waals surface area contributed by atoms with Gasteiger partial charge < -0.3 is 0 Å². The number of unbranched alkanes of at least 4 members (excludes halogenated alkanes) is 4. The van der Waals surface area contributed by atoms with Gasteiger partial charge in [-0.3, -0.25) is 4.55 Å². The first-order chi connectivity index (χ1) is 9.01. The standard InChI is InChI=1S/C13H24N2O3S/c1-2-3-4-5-6-8-14-10-11-15(13-14)9-7-12-19(16,17)18/h10-11,13H,2-9,12H2,1H3/p+1. The van der Waals surface area contributed by atoms with Crippen LogP contribution in [-0.2, 0) is 23.2 Å². The Morgan fingerprint density at radius 1 is 1.16 bits per heavy atom. The number of imidazole rings is 1. The van der Waals surface area contributed by atoms with Crippen LogP contribution in [0.3, 0.4) is 0 Å². The van der Waals surface area contributed by atoms with Crippen molar-refractivity contribution in [1.29, 1.82) is 0 Å². The van der Waals surface area contributed by atoms with E-state index in [4.69, 9.17) is 4.55 Å². The maximum absolute atomic E-state index is 10.6. The molecule has 0 spiro atoms. The molecule has 0 aliphatic heterocycles. The van der Waals surface area contributed by atoms with Crippen LogP contribution in [0, 0.1) is 0 Å². The summed E-state index contributed by atoms with van der Waals surface area (Å²) in [6.07, 6.45) is 12.7. The molecule has 1 rings (SSSR count). The van der Waals surface area contributed by atoms with Gasteiger partial charge in [-0.05, 0) is 12.8 Å². The molecule has 110 valence electrons.